The lowest BCUT2D eigenvalue weighted by molar-refractivity contribution is 0.799. The van der Waals surface area contributed by atoms with Crippen molar-refractivity contribution in [3.05, 3.63) is 40.4 Å². The molecule has 68 valence electrons. The molecule has 0 aliphatic heterocycles. The van der Waals surface area contributed by atoms with Crippen molar-refractivity contribution in [3.63, 3.8) is 0 Å². The van der Waals surface area contributed by atoms with Gasteiger partial charge in [-0.1, -0.05) is 13.8 Å². The number of hydrogen-bond acceptors (Lipinski definition) is 1. The van der Waals surface area contributed by atoms with Crippen LogP contribution in [-0.2, 0) is 0 Å². The van der Waals surface area contributed by atoms with Crippen molar-refractivity contribution in [2.75, 3.05) is 0 Å². The molecular weight excluding hydrogens is 164 g/mol. The molecule has 2 heterocycles. The zero-order valence-corrected chi connectivity index (χ0v) is 7.74. The highest BCUT2D eigenvalue weighted by Gasteiger charge is 2.05. The molecule has 0 aliphatic carbocycles. The lowest BCUT2D eigenvalue weighted by atomic mass is 10.1. The van der Waals surface area contributed by atoms with Gasteiger partial charge in [0.2, 0.25) is 0 Å². The van der Waals surface area contributed by atoms with E-state index in [0.29, 0.717) is 5.92 Å². The van der Waals surface area contributed by atoms with Crippen molar-refractivity contribution in [3.8, 4) is 0 Å². The Morgan fingerprint density at radius 2 is 2.15 bits per heavy atom. The fraction of sp³-hybridized carbons (Fsp3) is 0.300. The topological polar surface area (TPSA) is 37.3 Å². The molecule has 0 spiro atoms. The number of aromatic nitrogens is 2. The van der Waals surface area contributed by atoms with Gasteiger partial charge >= 0.3 is 0 Å². The zero-order valence-electron chi connectivity index (χ0n) is 7.74. The second kappa shape index (κ2) is 2.76. The van der Waals surface area contributed by atoms with E-state index in [1.807, 2.05) is 16.8 Å². The molecule has 0 amide bonds. The first-order valence-corrected chi connectivity index (χ1v) is 4.38. The monoisotopic (exact) mass is 176 g/mol. The number of nitrogens with one attached hydrogen (secondary N) is 1. The Labute approximate surface area is 76.0 Å². The lowest BCUT2D eigenvalue weighted by Gasteiger charge is -2.07. The Bertz CT molecular complexity index is 479. The molecule has 1 N–H and O–H groups in total. The van der Waals surface area contributed by atoms with Crippen molar-refractivity contribution >= 4 is 5.65 Å². The predicted molar refractivity (Wildman–Crippen MR) is 52.1 cm³/mol. The van der Waals surface area contributed by atoms with Crippen molar-refractivity contribution < 1.29 is 0 Å². The second-order valence-corrected chi connectivity index (χ2v) is 3.49. The molecule has 0 fully saturated rings. The summed E-state index contributed by atoms with van der Waals surface area (Å²) in [6, 6.07) is 3.29. The van der Waals surface area contributed by atoms with Crippen LogP contribution in [0.4, 0.5) is 0 Å². The van der Waals surface area contributed by atoms with Crippen LogP contribution in [0.15, 0.2) is 29.3 Å². The summed E-state index contributed by atoms with van der Waals surface area (Å²) < 4.78 is 2.01. The first kappa shape index (κ1) is 8.10. The number of H-pyrrole nitrogens is 1. The molecule has 2 aromatic rings. The minimum Gasteiger partial charge on any atom is -0.346 e. The predicted octanol–water partition coefficient (Wildman–Crippen LogP) is 1.75. The van der Waals surface area contributed by atoms with E-state index < -0.39 is 0 Å². The van der Waals surface area contributed by atoms with Crippen LogP contribution in [-0.4, -0.2) is 9.38 Å². The molecule has 2 rings (SSSR count). The van der Waals surface area contributed by atoms with E-state index in [0.717, 1.165) is 11.3 Å². The van der Waals surface area contributed by atoms with Crippen molar-refractivity contribution in [2.45, 2.75) is 19.8 Å². The van der Waals surface area contributed by atoms with Gasteiger partial charge in [-0.2, -0.15) is 0 Å². The fourth-order valence-corrected chi connectivity index (χ4v) is 1.52. The molecule has 13 heavy (non-hydrogen) atoms. The minimum absolute atomic E-state index is 0.0613. The van der Waals surface area contributed by atoms with Crippen molar-refractivity contribution in [1.82, 2.24) is 9.38 Å². The van der Waals surface area contributed by atoms with Gasteiger partial charge in [0.15, 0.2) is 5.43 Å². The maximum absolute atomic E-state index is 11.3. The molecule has 2 aromatic heterocycles. The van der Waals surface area contributed by atoms with E-state index in [9.17, 15) is 4.79 Å². The third-order valence-electron chi connectivity index (χ3n) is 2.15. The minimum atomic E-state index is 0.0613. The van der Waals surface area contributed by atoms with Gasteiger partial charge in [-0.3, -0.25) is 4.79 Å². The smallest absolute Gasteiger partial charge is 0.184 e. The fourth-order valence-electron chi connectivity index (χ4n) is 1.52. The van der Waals surface area contributed by atoms with E-state index in [4.69, 9.17) is 0 Å². The molecule has 0 radical (unpaired) electrons. The van der Waals surface area contributed by atoms with Crippen LogP contribution < -0.4 is 5.43 Å². The van der Waals surface area contributed by atoms with Gasteiger partial charge in [0, 0.05) is 30.2 Å². The first-order valence-electron chi connectivity index (χ1n) is 4.38. The Kier molecular flexibility index (Phi) is 1.72. The molecule has 0 aliphatic rings. The van der Waals surface area contributed by atoms with Crippen LogP contribution >= 0.6 is 0 Å². The molecule has 0 aromatic carbocycles. The van der Waals surface area contributed by atoms with Gasteiger partial charge in [0.05, 0.1) is 0 Å². The van der Waals surface area contributed by atoms with Crippen molar-refractivity contribution in [2.24, 2.45) is 0 Å². The number of imidazole rings is 1. The number of hydrogen-bond donors (Lipinski definition) is 1. The summed E-state index contributed by atoms with van der Waals surface area (Å²) in [6.07, 6.45) is 3.77. The highest BCUT2D eigenvalue weighted by atomic mass is 16.1. The lowest BCUT2D eigenvalue weighted by Crippen LogP contribution is -2.07. The zero-order chi connectivity index (χ0) is 9.42. The molecule has 3 nitrogen and oxygen atoms in total. The molecule has 0 saturated heterocycles. The largest absolute Gasteiger partial charge is 0.346 e. The third kappa shape index (κ3) is 1.26. The SMILES string of the molecule is CC(C)c1cc(=O)cc2[nH]ccn12. The highest BCUT2D eigenvalue weighted by molar-refractivity contribution is 5.40. The van der Waals surface area contributed by atoms with E-state index in [1.54, 1.807) is 12.1 Å². The van der Waals surface area contributed by atoms with Crippen LogP contribution in [0.25, 0.3) is 5.65 Å². The molecule has 0 bridgehead atoms. The number of aromatic amines is 1. The number of fused-ring (bicyclic) bond motifs is 1. The van der Waals surface area contributed by atoms with Gasteiger partial charge in [-0.05, 0) is 5.92 Å². The average molecular weight is 176 g/mol. The Morgan fingerprint density at radius 3 is 2.85 bits per heavy atom. The molecule has 0 saturated carbocycles. The maximum Gasteiger partial charge on any atom is 0.184 e. The number of pyridine rings is 1. The summed E-state index contributed by atoms with van der Waals surface area (Å²) in [5.41, 5.74) is 1.96. The number of nitrogens with zero attached hydrogens (tertiary/aromatic N) is 1. The standard InChI is InChI=1S/C10H12N2O/c1-7(2)9-5-8(13)6-10-11-3-4-12(9)10/h3-7,11H,1-2H3. The molecular formula is C10H12N2O. The molecule has 0 unspecified atom stereocenters. The Hall–Kier alpha value is -1.51. The molecule has 0 atom stereocenters. The summed E-state index contributed by atoms with van der Waals surface area (Å²) in [4.78, 5) is 14.3. The van der Waals surface area contributed by atoms with E-state index >= 15 is 0 Å². The average Bonchev–Trinajstić information content (AvgIpc) is 2.49. The van der Waals surface area contributed by atoms with E-state index in [2.05, 4.69) is 18.8 Å². The van der Waals surface area contributed by atoms with Gasteiger partial charge in [-0.15, -0.1) is 0 Å². The van der Waals surface area contributed by atoms with Crippen LogP contribution in [0, 0.1) is 0 Å². The van der Waals surface area contributed by atoms with Crippen LogP contribution in [0.2, 0.25) is 0 Å². The highest BCUT2D eigenvalue weighted by Crippen LogP contribution is 2.13. The summed E-state index contributed by atoms with van der Waals surface area (Å²) in [6.45, 7) is 4.16. The van der Waals surface area contributed by atoms with Crippen LogP contribution in [0.3, 0.4) is 0 Å². The quantitative estimate of drug-likeness (QED) is 0.706. The van der Waals surface area contributed by atoms with E-state index in [-0.39, 0.29) is 5.43 Å². The van der Waals surface area contributed by atoms with Gasteiger partial charge in [0.25, 0.3) is 0 Å². The molecule has 3 heteroatoms. The summed E-state index contributed by atoms with van der Waals surface area (Å²) >= 11 is 0. The Morgan fingerprint density at radius 1 is 1.38 bits per heavy atom. The first-order chi connectivity index (χ1) is 6.18. The second-order valence-electron chi connectivity index (χ2n) is 3.49. The van der Waals surface area contributed by atoms with Crippen molar-refractivity contribution in [1.29, 1.82) is 0 Å². The summed E-state index contributed by atoms with van der Waals surface area (Å²) in [7, 11) is 0. The normalized spacial score (nSPS) is 11.3. The summed E-state index contributed by atoms with van der Waals surface area (Å²) in [5, 5.41) is 0. The van der Waals surface area contributed by atoms with Gasteiger partial charge < -0.3 is 9.38 Å². The maximum atomic E-state index is 11.3. The van der Waals surface area contributed by atoms with E-state index in [1.165, 1.54) is 0 Å². The van der Waals surface area contributed by atoms with Crippen LogP contribution in [0.5, 0.6) is 0 Å². The van der Waals surface area contributed by atoms with Gasteiger partial charge in [0.1, 0.15) is 5.65 Å². The summed E-state index contributed by atoms with van der Waals surface area (Å²) in [5.74, 6) is 0.359. The van der Waals surface area contributed by atoms with Crippen LogP contribution in [0.1, 0.15) is 25.5 Å². The number of rotatable bonds is 1. The Balaban J connectivity index is 2.85. The van der Waals surface area contributed by atoms with Gasteiger partial charge in [-0.25, -0.2) is 0 Å². The third-order valence-corrected chi connectivity index (χ3v) is 2.15.